The largest absolute Gasteiger partial charge is 0.369 e. The number of carbonyl (C=O) groups is 1. The summed E-state index contributed by atoms with van der Waals surface area (Å²) in [6.45, 7) is 0. The number of carbonyl (C=O) groups excluding carboxylic acids is 1. The third kappa shape index (κ3) is 2.94. The van der Waals surface area contributed by atoms with Crippen LogP contribution in [0.4, 0.5) is 5.95 Å². The maximum absolute atomic E-state index is 11.0. The van der Waals surface area contributed by atoms with Crippen LogP contribution < -0.4 is 11.1 Å². The van der Waals surface area contributed by atoms with E-state index in [1.165, 1.54) is 0 Å². The molecule has 1 aromatic rings. The SMILES string of the molecule is N#Cc1ccnc(NC2CCC(C(N)=O)CC2)n1. The number of anilines is 1. The number of rotatable bonds is 3. The molecule has 0 unspecified atom stereocenters. The van der Waals surface area contributed by atoms with Gasteiger partial charge in [0.05, 0.1) is 0 Å². The Morgan fingerprint density at radius 1 is 1.44 bits per heavy atom. The fourth-order valence-electron chi connectivity index (χ4n) is 2.20. The average Bonchev–Trinajstić information content (AvgIpc) is 2.39. The summed E-state index contributed by atoms with van der Waals surface area (Å²) in [5.74, 6) is 0.252. The number of aromatic nitrogens is 2. The monoisotopic (exact) mass is 245 g/mol. The molecule has 94 valence electrons. The number of hydrogen-bond acceptors (Lipinski definition) is 5. The van der Waals surface area contributed by atoms with Crippen LogP contribution in [0.3, 0.4) is 0 Å². The zero-order chi connectivity index (χ0) is 13.0. The first kappa shape index (κ1) is 12.3. The highest BCUT2D eigenvalue weighted by molar-refractivity contribution is 5.76. The van der Waals surface area contributed by atoms with Gasteiger partial charge >= 0.3 is 0 Å². The number of amides is 1. The molecule has 1 amide bonds. The van der Waals surface area contributed by atoms with Gasteiger partial charge in [-0.05, 0) is 31.7 Å². The van der Waals surface area contributed by atoms with E-state index in [1.54, 1.807) is 12.3 Å². The highest BCUT2D eigenvalue weighted by atomic mass is 16.1. The van der Waals surface area contributed by atoms with Crippen LogP contribution >= 0.6 is 0 Å². The quantitative estimate of drug-likeness (QED) is 0.819. The van der Waals surface area contributed by atoms with Gasteiger partial charge in [-0.25, -0.2) is 9.97 Å². The van der Waals surface area contributed by atoms with E-state index in [0.29, 0.717) is 11.6 Å². The first-order valence-electron chi connectivity index (χ1n) is 5.98. The van der Waals surface area contributed by atoms with E-state index >= 15 is 0 Å². The molecule has 0 aliphatic heterocycles. The lowest BCUT2D eigenvalue weighted by Crippen LogP contribution is -2.32. The van der Waals surface area contributed by atoms with Crippen molar-refractivity contribution in [2.75, 3.05) is 5.32 Å². The maximum atomic E-state index is 11.0. The minimum atomic E-state index is -0.212. The number of primary amides is 1. The van der Waals surface area contributed by atoms with Crippen molar-refractivity contribution in [3.05, 3.63) is 18.0 Å². The van der Waals surface area contributed by atoms with Crippen molar-refractivity contribution < 1.29 is 4.79 Å². The van der Waals surface area contributed by atoms with E-state index in [-0.39, 0.29) is 17.9 Å². The smallest absolute Gasteiger partial charge is 0.224 e. The molecule has 0 aromatic carbocycles. The van der Waals surface area contributed by atoms with Gasteiger partial charge in [0.15, 0.2) is 0 Å². The van der Waals surface area contributed by atoms with Gasteiger partial charge in [-0.15, -0.1) is 0 Å². The van der Waals surface area contributed by atoms with Crippen molar-refractivity contribution >= 4 is 11.9 Å². The van der Waals surface area contributed by atoms with Gasteiger partial charge in [0.1, 0.15) is 11.8 Å². The van der Waals surface area contributed by atoms with E-state index in [4.69, 9.17) is 11.0 Å². The van der Waals surface area contributed by atoms with Crippen molar-refractivity contribution in [3.63, 3.8) is 0 Å². The molecule has 0 bridgehead atoms. The zero-order valence-corrected chi connectivity index (χ0v) is 9.97. The topological polar surface area (TPSA) is 105 Å². The zero-order valence-electron chi connectivity index (χ0n) is 9.97. The Kier molecular flexibility index (Phi) is 3.72. The van der Waals surface area contributed by atoms with Crippen LogP contribution in [0.1, 0.15) is 31.4 Å². The van der Waals surface area contributed by atoms with Gasteiger partial charge < -0.3 is 11.1 Å². The summed E-state index contributed by atoms with van der Waals surface area (Å²) in [6.07, 6.45) is 4.89. The van der Waals surface area contributed by atoms with E-state index < -0.39 is 0 Å². The van der Waals surface area contributed by atoms with Crippen LogP contribution in [-0.4, -0.2) is 21.9 Å². The fourth-order valence-corrected chi connectivity index (χ4v) is 2.20. The van der Waals surface area contributed by atoms with E-state index in [9.17, 15) is 4.79 Å². The van der Waals surface area contributed by atoms with Crippen molar-refractivity contribution in [1.29, 1.82) is 5.26 Å². The van der Waals surface area contributed by atoms with Crippen LogP contribution in [0.2, 0.25) is 0 Å². The molecule has 0 atom stereocenters. The molecule has 0 saturated heterocycles. The summed E-state index contributed by atoms with van der Waals surface area (Å²) >= 11 is 0. The van der Waals surface area contributed by atoms with Crippen molar-refractivity contribution in [2.24, 2.45) is 11.7 Å². The summed E-state index contributed by atoms with van der Waals surface area (Å²) in [6, 6.07) is 3.78. The fraction of sp³-hybridized carbons (Fsp3) is 0.500. The van der Waals surface area contributed by atoms with Crippen molar-refractivity contribution in [3.8, 4) is 6.07 Å². The Hall–Kier alpha value is -2.16. The van der Waals surface area contributed by atoms with E-state index in [0.717, 1.165) is 25.7 Å². The van der Waals surface area contributed by atoms with Gasteiger partial charge in [-0.3, -0.25) is 4.79 Å². The number of nitrogens with zero attached hydrogens (tertiary/aromatic N) is 3. The minimum Gasteiger partial charge on any atom is -0.369 e. The lowest BCUT2D eigenvalue weighted by molar-refractivity contribution is -0.122. The Morgan fingerprint density at radius 3 is 2.78 bits per heavy atom. The lowest BCUT2D eigenvalue weighted by atomic mass is 9.86. The average molecular weight is 245 g/mol. The molecule has 1 saturated carbocycles. The van der Waals surface area contributed by atoms with Gasteiger partial charge in [0.2, 0.25) is 11.9 Å². The molecule has 1 fully saturated rings. The molecule has 0 spiro atoms. The Balaban J connectivity index is 1.91. The molecule has 6 heteroatoms. The van der Waals surface area contributed by atoms with E-state index in [1.807, 2.05) is 6.07 Å². The second-order valence-electron chi connectivity index (χ2n) is 4.47. The molecular weight excluding hydrogens is 230 g/mol. The summed E-state index contributed by atoms with van der Waals surface area (Å²) < 4.78 is 0. The van der Waals surface area contributed by atoms with Crippen LogP contribution in [0.5, 0.6) is 0 Å². The molecule has 1 aliphatic rings. The summed E-state index contributed by atoms with van der Waals surface area (Å²) in [4.78, 5) is 19.2. The normalized spacial score (nSPS) is 23.1. The molecule has 2 rings (SSSR count). The van der Waals surface area contributed by atoms with Crippen LogP contribution in [-0.2, 0) is 4.79 Å². The predicted octanol–water partition coefficient (Wildman–Crippen LogP) is 0.804. The molecule has 3 N–H and O–H groups in total. The van der Waals surface area contributed by atoms with Crippen molar-refractivity contribution in [1.82, 2.24) is 9.97 Å². The first-order chi connectivity index (χ1) is 8.69. The Morgan fingerprint density at radius 2 is 2.17 bits per heavy atom. The summed E-state index contributed by atoms with van der Waals surface area (Å²) in [5, 5.41) is 11.9. The highest BCUT2D eigenvalue weighted by Gasteiger charge is 2.24. The number of nitrogens with one attached hydrogen (secondary N) is 1. The lowest BCUT2D eigenvalue weighted by Gasteiger charge is -2.27. The van der Waals surface area contributed by atoms with Crippen LogP contribution in [0.15, 0.2) is 12.3 Å². The highest BCUT2D eigenvalue weighted by Crippen LogP contribution is 2.25. The van der Waals surface area contributed by atoms with Crippen molar-refractivity contribution in [2.45, 2.75) is 31.7 Å². The molecule has 18 heavy (non-hydrogen) atoms. The van der Waals surface area contributed by atoms with Crippen LogP contribution in [0.25, 0.3) is 0 Å². The third-order valence-corrected chi connectivity index (χ3v) is 3.23. The standard InChI is InChI=1S/C12H15N5O/c13-7-10-5-6-15-12(17-10)16-9-3-1-8(2-4-9)11(14)18/h5-6,8-9H,1-4H2,(H2,14,18)(H,15,16,17). The first-order valence-corrected chi connectivity index (χ1v) is 5.98. The predicted molar refractivity (Wildman–Crippen MR) is 65.3 cm³/mol. The minimum absolute atomic E-state index is 0.00517. The number of nitrogens with two attached hydrogens (primary N) is 1. The third-order valence-electron chi connectivity index (χ3n) is 3.23. The molecule has 1 heterocycles. The maximum Gasteiger partial charge on any atom is 0.224 e. The Bertz CT molecular complexity index is 474. The Labute approximate surface area is 105 Å². The number of nitriles is 1. The second-order valence-corrected chi connectivity index (χ2v) is 4.47. The number of hydrogen-bond donors (Lipinski definition) is 2. The molecule has 6 nitrogen and oxygen atoms in total. The molecule has 1 aromatic heterocycles. The molecule has 1 aliphatic carbocycles. The summed E-state index contributed by atoms with van der Waals surface area (Å²) in [7, 11) is 0. The molecule has 0 radical (unpaired) electrons. The van der Waals surface area contributed by atoms with E-state index in [2.05, 4.69) is 15.3 Å². The van der Waals surface area contributed by atoms with Gasteiger partial charge in [-0.2, -0.15) is 5.26 Å². The second kappa shape index (κ2) is 5.45. The van der Waals surface area contributed by atoms with Gasteiger partial charge in [-0.1, -0.05) is 0 Å². The van der Waals surface area contributed by atoms with Gasteiger partial charge in [0.25, 0.3) is 0 Å². The molecular formula is C12H15N5O. The summed E-state index contributed by atoms with van der Waals surface area (Å²) in [5.41, 5.74) is 5.63. The van der Waals surface area contributed by atoms with Gasteiger partial charge in [0, 0.05) is 18.2 Å². The van der Waals surface area contributed by atoms with Crippen LogP contribution in [0, 0.1) is 17.2 Å².